The number of phosphoric ester groups is 1. The summed E-state index contributed by atoms with van der Waals surface area (Å²) in [5, 5.41) is 21.3. The van der Waals surface area contributed by atoms with Crippen LogP contribution in [-0.2, 0) is 13.8 Å². The molecule has 4 atom stereocenters. The number of aliphatic hydroxyl groups excluding tert-OH is 2. The third-order valence-corrected chi connectivity index (χ3v) is 4.18. The van der Waals surface area contributed by atoms with E-state index in [1.54, 1.807) is 0 Å². The zero-order chi connectivity index (χ0) is 15.8. The van der Waals surface area contributed by atoms with Crippen LogP contribution in [-0.4, -0.2) is 55.8 Å². The number of rotatable bonds is 5. The molecule has 0 radical (unpaired) electrons. The highest BCUT2D eigenvalue weighted by molar-refractivity contribution is 7.46. The molecule has 1 aliphatic rings. The van der Waals surface area contributed by atoms with Crippen LogP contribution in [0.1, 0.15) is 21.6 Å². The quantitative estimate of drug-likeness (QED) is 0.400. The van der Waals surface area contributed by atoms with E-state index >= 15 is 0 Å². The van der Waals surface area contributed by atoms with Gasteiger partial charge >= 0.3 is 7.82 Å². The van der Waals surface area contributed by atoms with Gasteiger partial charge in [-0.3, -0.25) is 9.32 Å². The molecule has 6 N–H and O–H groups in total. The van der Waals surface area contributed by atoms with Crippen molar-refractivity contribution in [1.29, 1.82) is 0 Å². The van der Waals surface area contributed by atoms with Gasteiger partial charge in [0.1, 0.15) is 35.1 Å². The van der Waals surface area contributed by atoms with Gasteiger partial charge in [0.15, 0.2) is 0 Å². The van der Waals surface area contributed by atoms with Crippen molar-refractivity contribution in [1.82, 2.24) is 4.98 Å². The fourth-order valence-electron chi connectivity index (χ4n) is 1.79. The van der Waals surface area contributed by atoms with E-state index < -0.39 is 44.8 Å². The monoisotopic (exact) mass is 340 g/mol. The van der Waals surface area contributed by atoms with Gasteiger partial charge in [-0.2, -0.15) is 0 Å². The highest BCUT2D eigenvalue weighted by Gasteiger charge is 2.45. The second kappa shape index (κ2) is 6.07. The number of nitrogens with zero attached hydrogens (tertiary/aromatic N) is 1. The molecule has 0 spiro atoms. The summed E-state index contributed by atoms with van der Waals surface area (Å²) in [5.41, 5.74) is 5.05. The number of thiazole rings is 1. The van der Waals surface area contributed by atoms with Crippen LogP contribution >= 0.6 is 19.2 Å². The first-order valence-corrected chi connectivity index (χ1v) is 8.07. The lowest BCUT2D eigenvalue weighted by atomic mass is 10.1. The summed E-state index contributed by atoms with van der Waals surface area (Å²) in [7, 11) is -4.71. The molecule has 12 heteroatoms. The van der Waals surface area contributed by atoms with E-state index in [1.165, 1.54) is 5.38 Å². The Morgan fingerprint density at radius 1 is 1.48 bits per heavy atom. The molecule has 1 aromatic heterocycles. The van der Waals surface area contributed by atoms with Gasteiger partial charge in [0.2, 0.25) is 0 Å². The first kappa shape index (κ1) is 16.5. The van der Waals surface area contributed by atoms with Gasteiger partial charge in [0.05, 0.1) is 6.61 Å². The van der Waals surface area contributed by atoms with Crippen LogP contribution in [0.15, 0.2) is 5.38 Å². The molecule has 118 valence electrons. The second-order valence-corrected chi connectivity index (χ2v) is 6.43. The molecular weight excluding hydrogens is 327 g/mol. The van der Waals surface area contributed by atoms with E-state index in [1.807, 2.05) is 0 Å². The Hall–Kier alpha value is -0.910. The van der Waals surface area contributed by atoms with E-state index in [-0.39, 0.29) is 10.7 Å². The maximum Gasteiger partial charge on any atom is 0.469 e. The summed E-state index contributed by atoms with van der Waals surface area (Å²) in [6.45, 7) is -0.604. The number of phosphoric acid groups is 1. The molecule has 1 fully saturated rings. The first-order valence-electron chi connectivity index (χ1n) is 5.66. The molecule has 0 aliphatic carbocycles. The molecule has 21 heavy (non-hydrogen) atoms. The van der Waals surface area contributed by atoms with Gasteiger partial charge < -0.3 is 30.5 Å². The van der Waals surface area contributed by atoms with Crippen LogP contribution in [0.5, 0.6) is 0 Å². The second-order valence-electron chi connectivity index (χ2n) is 4.30. The van der Waals surface area contributed by atoms with Crippen LogP contribution in [0.3, 0.4) is 0 Å². The van der Waals surface area contributed by atoms with Gasteiger partial charge in [0.25, 0.3) is 5.91 Å². The van der Waals surface area contributed by atoms with E-state index in [0.717, 1.165) is 11.3 Å². The Morgan fingerprint density at radius 3 is 2.67 bits per heavy atom. The van der Waals surface area contributed by atoms with Gasteiger partial charge in [-0.25, -0.2) is 9.55 Å². The van der Waals surface area contributed by atoms with Crippen molar-refractivity contribution in [2.45, 2.75) is 24.4 Å². The Balaban J connectivity index is 2.08. The summed E-state index contributed by atoms with van der Waals surface area (Å²) in [5.74, 6) is -0.744. The summed E-state index contributed by atoms with van der Waals surface area (Å²) in [6, 6.07) is 0. The minimum Gasteiger partial charge on any atom is -0.387 e. The van der Waals surface area contributed by atoms with Gasteiger partial charge in [-0.05, 0) is 0 Å². The molecule has 1 saturated heterocycles. The Kier molecular flexibility index (Phi) is 4.76. The SMILES string of the molecule is NC(=O)c1csc(C2OC(COP(=O)(O)O)C(O)C2O)n1. The summed E-state index contributed by atoms with van der Waals surface area (Å²) < 4.78 is 20.1. The topological polar surface area (TPSA) is 172 Å². The molecule has 10 nitrogen and oxygen atoms in total. The minimum atomic E-state index is -4.71. The molecule has 4 unspecified atom stereocenters. The van der Waals surface area contributed by atoms with Crippen LogP contribution in [0, 0.1) is 0 Å². The van der Waals surface area contributed by atoms with Gasteiger partial charge in [-0.1, -0.05) is 0 Å². The van der Waals surface area contributed by atoms with Crippen molar-refractivity contribution in [2.24, 2.45) is 5.73 Å². The molecule has 2 rings (SSSR count). The van der Waals surface area contributed by atoms with E-state index in [2.05, 4.69) is 9.51 Å². The number of aromatic nitrogens is 1. The summed E-state index contributed by atoms with van der Waals surface area (Å²) in [6.07, 6.45) is -4.97. The molecule has 1 aliphatic heterocycles. The standard InChI is InChI=1S/C9H13N2O8PS/c10-8(14)3-2-21-9(11-3)7-6(13)5(12)4(19-7)1-18-20(15,16)17/h2,4-7,12-13H,1H2,(H2,10,14)(H2,15,16,17). The highest BCUT2D eigenvalue weighted by atomic mass is 32.1. The van der Waals surface area contributed by atoms with Crippen LogP contribution in [0.25, 0.3) is 0 Å². The number of hydrogen-bond donors (Lipinski definition) is 5. The lowest BCUT2D eigenvalue weighted by Gasteiger charge is -2.14. The first-order chi connectivity index (χ1) is 9.69. The Labute approximate surface area is 122 Å². The fourth-order valence-corrected chi connectivity index (χ4v) is 3.02. The van der Waals surface area contributed by atoms with Gasteiger partial charge in [0, 0.05) is 5.38 Å². The van der Waals surface area contributed by atoms with Crippen LogP contribution in [0.4, 0.5) is 0 Å². The molecule has 2 heterocycles. The third kappa shape index (κ3) is 3.84. The molecule has 1 amide bonds. The molecule has 0 saturated carbocycles. The maximum atomic E-state index is 11.0. The molecular formula is C9H13N2O8PS. The zero-order valence-corrected chi connectivity index (χ0v) is 12.1. The lowest BCUT2D eigenvalue weighted by Crippen LogP contribution is -2.33. The third-order valence-electron chi connectivity index (χ3n) is 2.79. The smallest absolute Gasteiger partial charge is 0.387 e. The molecule has 1 aromatic rings. The Bertz CT molecular complexity index is 574. The Morgan fingerprint density at radius 2 is 2.14 bits per heavy atom. The fraction of sp³-hybridized carbons (Fsp3) is 0.556. The van der Waals surface area contributed by atoms with Crippen LogP contribution in [0.2, 0.25) is 0 Å². The van der Waals surface area contributed by atoms with Crippen LogP contribution < -0.4 is 5.73 Å². The maximum absolute atomic E-state index is 11.0. The average molecular weight is 340 g/mol. The number of hydrogen-bond acceptors (Lipinski definition) is 8. The zero-order valence-electron chi connectivity index (χ0n) is 10.4. The number of amides is 1. The highest BCUT2D eigenvalue weighted by Crippen LogP contribution is 2.39. The van der Waals surface area contributed by atoms with Gasteiger partial charge in [-0.15, -0.1) is 11.3 Å². The van der Waals surface area contributed by atoms with Crippen molar-refractivity contribution < 1.29 is 38.6 Å². The van der Waals surface area contributed by atoms with Crippen molar-refractivity contribution in [2.75, 3.05) is 6.61 Å². The number of nitrogens with two attached hydrogens (primary N) is 1. The minimum absolute atomic E-state index is 0.00444. The van der Waals surface area contributed by atoms with E-state index in [4.69, 9.17) is 20.3 Å². The van der Waals surface area contributed by atoms with Crippen molar-refractivity contribution in [3.8, 4) is 0 Å². The number of primary amides is 1. The molecule has 0 aromatic carbocycles. The average Bonchev–Trinajstić information content (AvgIpc) is 2.94. The number of ether oxygens (including phenoxy) is 1. The predicted molar refractivity (Wildman–Crippen MR) is 68.3 cm³/mol. The normalized spacial score (nSPS) is 29.7. The predicted octanol–water partition coefficient (Wildman–Crippen LogP) is -1.49. The number of aliphatic hydroxyl groups is 2. The van der Waals surface area contributed by atoms with Crippen molar-refractivity contribution in [3.63, 3.8) is 0 Å². The summed E-state index contributed by atoms with van der Waals surface area (Å²) in [4.78, 5) is 32.0. The largest absolute Gasteiger partial charge is 0.469 e. The van der Waals surface area contributed by atoms with E-state index in [9.17, 15) is 19.6 Å². The van der Waals surface area contributed by atoms with Crippen molar-refractivity contribution in [3.05, 3.63) is 16.1 Å². The molecule has 0 bridgehead atoms. The number of carbonyl (C=O) groups is 1. The van der Waals surface area contributed by atoms with E-state index in [0.29, 0.717) is 0 Å². The summed E-state index contributed by atoms with van der Waals surface area (Å²) >= 11 is 1.00. The van der Waals surface area contributed by atoms with Crippen molar-refractivity contribution >= 4 is 25.1 Å². The lowest BCUT2D eigenvalue weighted by molar-refractivity contribution is -0.0224. The number of carbonyl (C=O) groups excluding carboxylic acids is 1.